The number of carbonyl (C=O) groups is 2. The van der Waals surface area contributed by atoms with E-state index in [0.29, 0.717) is 16.7 Å². The van der Waals surface area contributed by atoms with Gasteiger partial charge in [-0.05, 0) is 17.2 Å². The van der Waals surface area contributed by atoms with Crippen molar-refractivity contribution in [2.24, 2.45) is 10.2 Å². The van der Waals surface area contributed by atoms with Gasteiger partial charge in [0.15, 0.2) is 11.3 Å². The lowest BCUT2D eigenvalue weighted by Crippen LogP contribution is -2.30. The molecule has 2 aliphatic carbocycles. The Morgan fingerprint density at radius 1 is 0.826 bits per heavy atom. The molecule has 0 saturated heterocycles. The zero-order valence-electron chi connectivity index (χ0n) is 12.0. The molecule has 1 heterocycles. The summed E-state index contributed by atoms with van der Waals surface area (Å²) in [6.07, 6.45) is 3.80. The molecule has 0 saturated carbocycles. The van der Waals surface area contributed by atoms with Gasteiger partial charge in [0.1, 0.15) is 5.70 Å². The van der Waals surface area contributed by atoms with Crippen LogP contribution in [-0.4, -0.2) is 11.6 Å². The van der Waals surface area contributed by atoms with E-state index in [1.165, 1.54) is 0 Å². The molecule has 0 N–H and O–H groups in total. The maximum atomic E-state index is 13.1. The molecule has 0 amide bonds. The first-order valence-corrected chi connectivity index (χ1v) is 7.37. The van der Waals surface area contributed by atoms with Crippen molar-refractivity contribution in [2.45, 2.75) is 5.54 Å². The molecule has 23 heavy (non-hydrogen) atoms. The Hall–Kier alpha value is -3.14. The van der Waals surface area contributed by atoms with E-state index in [9.17, 15) is 9.59 Å². The second kappa shape index (κ2) is 3.98. The van der Waals surface area contributed by atoms with Gasteiger partial charge < -0.3 is 0 Å². The second-order valence-electron chi connectivity index (χ2n) is 5.81. The first-order valence-electron chi connectivity index (χ1n) is 7.37. The highest BCUT2D eigenvalue weighted by Crippen LogP contribution is 2.50. The summed E-state index contributed by atoms with van der Waals surface area (Å²) in [4.78, 5) is 25.8. The number of azo groups is 1. The SMILES string of the molecule is O=C1C2=C(C(=O)c3ccccc31)C1(C=Cc3ccccc31)N=N2. The Labute approximate surface area is 131 Å². The lowest BCUT2D eigenvalue weighted by molar-refractivity contribution is 0.0969. The topological polar surface area (TPSA) is 58.9 Å². The van der Waals surface area contributed by atoms with Crippen molar-refractivity contribution < 1.29 is 9.59 Å². The molecule has 5 rings (SSSR count). The molecule has 1 unspecified atom stereocenters. The fourth-order valence-corrected chi connectivity index (χ4v) is 3.59. The average molecular weight is 298 g/mol. The smallest absolute Gasteiger partial charge is 0.214 e. The van der Waals surface area contributed by atoms with E-state index in [2.05, 4.69) is 10.2 Å². The predicted octanol–water partition coefficient (Wildman–Crippen LogP) is 3.71. The van der Waals surface area contributed by atoms with Gasteiger partial charge in [0.05, 0.1) is 5.57 Å². The summed E-state index contributed by atoms with van der Waals surface area (Å²) in [7, 11) is 0. The maximum absolute atomic E-state index is 13.1. The number of fused-ring (bicyclic) bond motifs is 4. The molecule has 0 radical (unpaired) electrons. The Morgan fingerprint density at radius 2 is 1.52 bits per heavy atom. The summed E-state index contributed by atoms with van der Waals surface area (Å²) < 4.78 is 0. The number of hydrogen-bond donors (Lipinski definition) is 0. The van der Waals surface area contributed by atoms with Crippen LogP contribution in [0.3, 0.4) is 0 Å². The number of allylic oxidation sites excluding steroid dienone is 1. The number of carbonyl (C=O) groups excluding carboxylic acids is 2. The summed E-state index contributed by atoms with van der Waals surface area (Å²) >= 11 is 0. The van der Waals surface area contributed by atoms with E-state index in [1.54, 1.807) is 24.3 Å². The van der Waals surface area contributed by atoms with Crippen LogP contribution in [0.1, 0.15) is 31.8 Å². The van der Waals surface area contributed by atoms with Crippen molar-refractivity contribution in [1.29, 1.82) is 0 Å². The van der Waals surface area contributed by atoms with Crippen LogP contribution in [0.5, 0.6) is 0 Å². The van der Waals surface area contributed by atoms with Crippen LogP contribution >= 0.6 is 0 Å². The van der Waals surface area contributed by atoms with Crippen molar-refractivity contribution in [3.63, 3.8) is 0 Å². The lowest BCUT2D eigenvalue weighted by atomic mass is 9.76. The highest BCUT2D eigenvalue weighted by molar-refractivity contribution is 6.28. The summed E-state index contributed by atoms with van der Waals surface area (Å²) in [5.41, 5.74) is 2.33. The van der Waals surface area contributed by atoms with Gasteiger partial charge in [-0.2, -0.15) is 5.11 Å². The van der Waals surface area contributed by atoms with Gasteiger partial charge in [0.2, 0.25) is 5.78 Å². The number of ketones is 2. The number of nitrogens with zero attached hydrogens (tertiary/aromatic N) is 2. The Balaban J connectivity index is 1.80. The molecule has 4 nitrogen and oxygen atoms in total. The van der Waals surface area contributed by atoms with Gasteiger partial charge in [0.25, 0.3) is 0 Å². The van der Waals surface area contributed by atoms with Crippen LogP contribution in [0.25, 0.3) is 6.08 Å². The van der Waals surface area contributed by atoms with Gasteiger partial charge in [0, 0.05) is 11.1 Å². The summed E-state index contributed by atoms with van der Waals surface area (Å²) in [6.45, 7) is 0. The Bertz CT molecular complexity index is 1010. The Morgan fingerprint density at radius 3 is 2.35 bits per heavy atom. The van der Waals surface area contributed by atoms with Gasteiger partial charge in [-0.15, -0.1) is 5.11 Å². The van der Waals surface area contributed by atoms with Crippen molar-refractivity contribution in [3.8, 4) is 0 Å². The van der Waals surface area contributed by atoms with E-state index < -0.39 is 5.54 Å². The number of rotatable bonds is 0. The van der Waals surface area contributed by atoms with Crippen molar-refractivity contribution in [1.82, 2.24) is 0 Å². The van der Waals surface area contributed by atoms with E-state index in [1.807, 2.05) is 36.4 Å². The number of hydrogen-bond acceptors (Lipinski definition) is 4. The van der Waals surface area contributed by atoms with Crippen LogP contribution in [0, 0.1) is 0 Å². The van der Waals surface area contributed by atoms with Crippen LogP contribution in [-0.2, 0) is 5.54 Å². The van der Waals surface area contributed by atoms with Crippen molar-refractivity contribution in [3.05, 3.63) is 88.1 Å². The summed E-state index contributed by atoms with van der Waals surface area (Å²) in [6, 6.07) is 14.6. The molecule has 2 aromatic carbocycles. The first-order chi connectivity index (χ1) is 11.2. The van der Waals surface area contributed by atoms with Crippen LogP contribution < -0.4 is 0 Å². The molecule has 4 heteroatoms. The molecule has 3 aliphatic rings. The molecule has 1 atom stereocenters. The fourth-order valence-electron chi connectivity index (χ4n) is 3.59. The molecule has 0 bridgehead atoms. The quantitative estimate of drug-likeness (QED) is 0.744. The van der Waals surface area contributed by atoms with Crippen molar-refractivity contribution in [2.75, 3.05) is 0 Å². The third-order valence-electron chi connectivity index (χ3n) is 4.66. The third-order valence-corrected chi connectivity index (χ3v) is 4.66. The molecule has 2 aromatic rings. The minimum absolute atomic E-state index is 0.165. The monoisotopic (exact) mass is 298 g/mol. The third kappa shape index (κ3) is 1.36. The molecule has 0 aromatic heterocycles. The first kappa shape index (κ1) is 12.4. The summed E-state index contributed by atoms with van der Waals surface area (Å²) in [5, 5.41) is 8.46. The predicted molar refractivity (Wildman–Crippen MR) is 84.1 cm³/mol. The number of benzene rings is 2. The van der Waals surface area contributed by atoms with E-state index in [-0.39, 0.29) is 17.3 Å². The minimum atomic E-state index is -0.952. The summed E-state index contributed by atoms with van der Waals surface area (Å²) in [5.74, 6) is -0.393. The van der Waals surface area contributed by atoms with E-state index in [0.717, 1.165) is 11.1 Å². The molecule has 1 aliphatic heterocycles. The van der Waals surface area contributed by atoms with Gasteiger partial charge in [-0.3, -0.25) is 9.59 Å². The normalized spacial score (nSPS) is 23.5. The molecular weight excluding hydrogens is 288 g/mol. The van der Waals surface area contributed by atoms with Gasteiger partial charge >= 0.3 is 0 Å². The Kier molecular flexibility index (Phi) is 2.15. The van der Waals surface area contributed by atoms with Crippen LogP contribution in [0.15, 0.2) is 76.1 Å². The standard InChI is InChI=1S/C19H10N2O2/c22-17-12-6-2-3-7-13(12)18(23)16-15(17)19(21-20-16)10-9-11-5-1-4-8-14(11)19/h1-10H. The average Bonchev–Trinajstić information content (AvgIpc) is 3.16. The maximum Gasteiger partial charge on any atom is 0.214 e. The molecule has 108 valence electrons. The second-order valence-corrected chi connectivity index (χ2v) is 5.81. The zero-order chi connectivity index (χ0) is 15.6. The van der Waals surface area contributed by atoms with E-state index in [4.69, 9.17) is 0 Å². The molecular formula is C19H10N2O2. The van der Waals surface area contributed by atoms with Gasteiger partial charge in [-0.1, -0.05) is 54.6 Å². The lowest BCUT2D eigenvalue weighted by Gasteiger charge is -2.25. The van der Waals surface area contributed by atoms with E-state index >= 15 is 0 Å². The highest BCUT2D eigenvalue weighted by atomic mass is 16.1. The van der Waals surface area contributed by atoms with Gasteiger partial charge in [-0.25, -0.2) is 0 Å². The highest BCUT2D eigenvalue weighted by Gasteiger charge is 2.51. The minimum Gasteiger partial charge on any atom is -0.289 e. The van der Waals surface area contributed by atoms with Crippen LogP contribution in [0.4, 0.5) is 0 Å². The molecule has 1 spiro atoms. The zero-order valence-corrected chi connectivity index (χ0v) is 12.0. The fraction of sp³-hybridized carbons (Fsp3) is 0.0526. The van der Waals surface area contributed by atoms with Crippen molar-refractivity contribution >= 4 is 17.6 Å². The number of Topliss-reactive ketones (excluding diaryl/α,β-unsaturated/α-hetero) is 2. The largest absolute Gasteiger partial charge is 0.289 e. The molecule has 0 fully saturated rings. The van der Waals surface area contributed by atoms with Crippen LogP contribution in [0.2, 0.25) is 0 Å².